The van der Waals surface area contributed by atoms with Crippen LogP contribution < -0.4 is 21.1 Å². The van der Waals surface area contributed by atoms with Gasteiger partial charge in [-0.2, -0.15) is 0 Å². The number of anilines is 1. The van der Waals surface area contributed by atoms with Gasteiger partial charge in [0.15, 0.2) is 16.7 Å². The van der Waals surface area contributed by atoms with Crippen LogP contribution in [0.4, 0.5) is 14.5 Å². The average molecular weight is 284 g/mol. The van der Waals surface area contributed by atoms with Crippen molar-refractivity contribution in [2.75, 3.05) is 11.4 Å². The molecule has 0 radical (unpaired) electrons. The van der Waals surface area contributed by atoms with Crippen LogP contribution in [-0.4, -0.2) is 23.7 Å². The quantitative estimate of drug-likeness (QED) is 0.645. The van der Waals surface area contributed by atoms with Crippen LogP contribution in [0.2, 0.25) is 0 Å². The van der Waals surface area contributed by atoms with Gasteiger partial charge in [0.05, 0.1) is 11.6 Å². The molecule has 100 valence electrons. The van der Waals surface area contributed by atoms with Crippen molar-refractivity contribution in [3.8, 4) is 0 Å². The van der Waals surface area contributed by atoms with Crippen molar-refractivity contribution < 1.29 is 13.6 Å². The standard InChI is InChI=1S/C11H10F2N4OS/c12-7-2-1-5(3-8(7)13)17-10(18)6-4-14-16-9(6)15-11(17)19/h1-3,6,9,14,16H,4H2,(H,15,19). The first-order chi connectivity index (χ1) is 9.08. The third kappa shape index (κ3) is 1.97. The molecule has 5 nitrogen and oxygen atoms in total. The number of nitrogens with zero attached hydrogens (tertiary/aromatic N) is 1. The second kappa shape index (κ2) is 4.48. The number of amides is 1. The maximum absolute atomic E-state index is 13.3. The number of rotatable bonds is 1. The van der Waals surface area contributed by atoms with Gasteiger partial charge in [-0.1, -0.05) is 0 Å². The van der Waals surface area contributed by atoms with Crippen LogP contribution in [0, 0.1) is 17.6 Å². The Morgan fingerprint density at radius 2 is 2.11 bits per heavy atom. The van der Waals surface area contributed by atoms with Gasteiger partial charge in [-0.3, -0.25) is 15.1 Å². The zero-order chi connectivity index (χ0) is 13.6. The van der Waals surface area contributed by atoms with Gasteiger partial charge in [-0.05, 0) is 24.4 Å². The maximum atomic E-state index is 13.3. The maximum Gasteiger partial charge on any atom is 0.241 e. The molecule has 2 aliphatic heterocycles. The first-order valence-corrected chi connectivity index (χ1v) is 6.06. The van der Waals surface area contributed by atoms with Gasteiger partial charge in [0.25, 0.3) is 0 Å². The highest BCUT2D eigenvalue weighted by Crippen LogP contribution is 2.24. The molecule has 3 N–H and O–H groups in total. The summed E-state index contributed by atoms with van der Waals surface area (Å²) in [7, 11) is 0. The molecule has 1 amide bonds. The zero-order valence-electron chi connectivity index (χ0n) is 9.61. The number of thiocarbonyl (C=S) groups is 1. The molecular formula is C11H10F2N4OS. The fraction of sp³-hybridized carbons (Fsp3) is 0.273. The van der Waals surface area contributed by atoms with E-state index in [1.807, 2.05) is 0 Å². The first-order valence-electron chi connectivity index (χ1n) is 5.66. The molecule has 3 rings (SSSR count). The predicted molar refractivity (Wildman–Crippen MR) is 68.0 cm³/mol. The van der Waals surface area contributed by atoms with E-state index in [2.05, 4.69) is 16.2 Å². The minimum Gasteiger partial charge on any atom is -0.345 e. The van der Waals surface area contributed by atoms with E-state index in [1.54, 1.807) is 0 Å². The highest BCUT2D eigenvalue weighted by atomic mass is 32.1. The lowest BCUT2D eigenvalue weighted by Crippen LogP contribution is -2.62. The van der Waals surface area contributed by atoms with Crippen molar-refractivity contribution in [1.82, 2.24) is 16.2 Å². The van der Waals surface area contributed by atoms with Crippen molar-refractivity contribution in [2.24, 2.45) is 5.92 Å². The van der Waals surface area contributed by atoms with Gasteiger partial charge < -0.3 is 5.32 Å². The Morgan fingerprint density at radius 3 is 2.84 bits per heavy atom. The summed E-state index contributed by atoms with van der Waals surface area (Å²) in [6.45, 7) is 0.444. The number of hydrogen-bond acceptors (Lipinski definition) is 4. The van der Waals surface area contributed by atoms with Crippen LogP contribution in [0.5, 0.6) is 0 Å². The predicted octanol–water partition coefficient (Wildman–Crippen LogP) is 0.236. The fourth-order valence-corrected chi connectivity index (χ4v) is 2.52. The number of benzene rings is 1. The Hall–Kier alpha value is -1.64. The van der Waals surface area contributed by atoms with E-state index in [4.69, 9.17) is 12.2 Å². The summed E-state index contributed by atoms with van der Waals surface area (Å²) in [6.07, 6.45) is -0.276. The zero-order valence-corrected chi connectivity index (χ0v) is 10.4. The van der Waals surface area contributed by atoms with Crippen molar-refractivity contribution >= 4 is 28.9 Å². The molecule has 2 aliphatic rings. The van der Waals surface area contributed by atoms with Crippen LogP contribution in [-0.2, 0) is 4.79 Å². The molecule has 19 heavy (non-hydrogen) atoms. The van der Waals surface area contributed by atoms with E-state index < -0.39 is 11.6 Å². The Bertz CT molecular complexity index is 568. The lowest BCUT2D eigenvalue weighted by atomic mass is 10.0. The van der Waals surface area contributed by atoms with Crippen molar-refractivity contribution in [2.45, 2.75) is 6.17 Å². The molecule has 8 heteroatoms. The molecule has 2 atom stereocenters. The van der Waals surface area contributed by atoms with Crippen molar-refractivity contribution in [3.05, 3.63) is 29.8 Å². The smallest absolute Gasteiger partial charge is 0.241 e. The molecule has 2 saturated heterocycles. The highest BCUT2D eigenvalue weighted by Gasteiger charge is 2.42. The number of carbonyl (C=O) groups is 1. The van der Waals surface area contributed by atoms with Gasteiger partial charge in [0, 0.05) is 12.6 Å². The SMILES string of the molecule is O=C1C2CNNC2NC(=S)N1c1ccc(F)c(F)c1. The molecule has 2 unspecified atom stereocenters. The van der Waals surface area contributed by atoms with E-state index in [1.165, 1.54) is 11.0 Å². The van der Waals surface area contributed by atoms with E-state index in [9.17, 15) is 13.6 Å². The van der Waals surface area contributed by atoms with Crippen LogP contribution in [0.15, 0.2) is 18.2 Å². The van der Waals surface area contributed by atoms with Crippen LogP contribution in [0.3, 0.4) is 0 Å². The molecule has 0 bridgehead atoms. The Kier molecular flexibility index (Phi) is 2.92. The van der Waals surface area contributed by atoms with Gasteiger partial charge >= 0.3 is 0 Å². The van der Waals surface area contributed by atoms with Gasteiger partial charge in [-0.25, -0.2) is 14.2 Å². The van der Waals surface area contributed by atoms with Crippen LogP contribution in [0.1, 0.15) is 0 Å². The van der Waals surface area contributed by atoms with Gasteiger partial charge in [0.1, 0.15) is 6.17 Å². The Morgan fingerprint density at radius 1 is 1.32 bits per heavy atom. The summed E-state index contributed by atoms with van der Waals surface area (Å²) in [5.74, 6) is -2.58. The Labute approximate surface area is 112 Å². The lowest BCUT2D eigenvalue weighted by Gasteiger charge is -2.35. The molecule has 0 aliphatic carbocycles. The normalized spacial score (nSPS) is 26.3. The van der Waals surface area contributed by atoms with E-state index in [-0.39, 0.29) is 28.8 Å². The largest absolute Gasteiger partial charge is 0.345 e. The summed E-state index contributed by atoms with van der Waals surface area (Å²) in [6, 6.07) is 3.25. The third-order valence-electron chi connectivity index (χ3n) is 3.16. The number of nitrogens with one attached hydrogen (secondary N) is 3. The number of hydrogen-bond donors (Lipinski definition) is 3. The average Bonchev–Trinajstić information content (AvgIpc) is 2.82. The summed E-state index contributed by atoms with van der Waals surface area (Å²) >= 11 is 5.10. The molecule has 1 aromatic carbocycles. The molecule has 0 aromatic heterocycles. The molecule has 0 spiro atoms. The van der Waals surface area contributed by atoms with Crippen LogP contribution in [0.25, 0.3) is 0 Å². The van der Waals surface area contributed by atoms with Crippen molar-refractivity contribution in [3.63, 3.8) is 0 Å². The lowest BCUT2D eigenvalue weighted by molar-refractivity contribution is -0.122. The Balaban J connectivity index is 1.96. The number of hydrazine groups is 1. The summed E-state index contributed by atoms with van der Waals surface area (Å²) < 4.78 is 26.2. The van der Waals surface area contributed by atoms with Gasteiger partial charge in [0.2, 0.25) is 5.91 Å². The van der Waals surface area contributed by atoms with Crippen LogP contribution >= 0.6 is 12.2 Å². The molecule has 2 fully saturated rings. The van der Waals surface area contributed by atoms with E-state index in [0.29, 0.717) is 6.54 Å². The summed E-state index contributed by atoms with van der Waals surface area (Å²) in [5, 5.41) is 3.10. The molecule has 1 aromatic rings. The summed E-state index contributed by atoms with van der Waals surface area (Å²) in [5.41, 5.74) is 5.95. The van der Waals surface area contributed by atoms with Crippen molar-refractivity contribution in [1.29, 1.82) is 0 Å². The monoisotopic (exact) mass is 284 g/mol. The van der Waals surface area contributed by atoms with E-state index in [0.717, 1.165) is 12.1 Å². The number of carbonyl (C=O) groups excluding carboxylic acids is 1. The number of fused-ring (bicyclic) bond motifs is 1. The second-order valence-electron chi connectivity index (χ2n) is 4.33. The molecule has 0 saturated carbocycles. The third-order valence-corrected chi connectivity index (χ3v) is 3.46. The van der Waals surface area contributed by atoms with Gasteiger partial charge in [-0.15, -0.1) is 0 Å². The molecule has 2 heterocycles. The highest BCUT2D eigenvalue weighted by molar-refractivity contribution is 7.80. The topological polar surface area (TPSA) is 56.4 Å². The second-order valence-corrected chi connectivity index (χ2v) is 4.72. The first kappa shape index (κ1) is 12.4. The van der Waals surface area contributed by atoms with E-state index >= 15 is 0 Å². The minimum absolute atomic E-state index is 0.161. The minimum atomic E-state index is -1.02. The fourth-order valence-electron chi connectivity index (χ4n) is 2.20. The number of halogens is 2. The summed E-state index contributed by atoms with van der Waals surface area (Å²) in [4.78, 5) is 13.5. The molecular weight excluding hydrogens is 274 g/mol.